The number of fused-ring (bicyclic) bond motifs is 3. The van der Waals surface area contributed by atoms with Gasteiger partial charge in [0.05, 0.1) is 5.39 Å². The van der Waals surface area contributed by atoms with E-state index in [1.54, 1.807) is 6.33 Å². The van der Waals surface area contributed by atoms with Crippen molar-refractivity contribution in [3.05, 3.63) is 77.7 Å². The van der Waals surface area contributed by atoms with Gasteiger partial charge in [-0.15, -0.1) is 0 Å². The second-order valence-corrected chi connectivity index (χ2v) is 9.07. The maximum atomic E-state index is 4.71. The van der Waals surface area contributed by atoms with E-state index in [1.165, 1.54) is 28.1 Å². The molecule has 6 rings (SSSR count). The first-order valence-corrected chi connectivity index (χ1v) is 11.4. The maximum Gasteiger partial charge on any atom is 0.145 e. The molecule has 2 aliphatic heterocycles. The molecule has 162 valence electrons. The van der Waals surface area contributed by atoms with Crippen molar-refractivity contribution in [3.63, 3.8) is 0 Å². The predicted molar refractivity (Wildman–Crippen MR) is 130 cm³/mol. The van der Waals surface area contributed by atoms with Gasteiger partial charge >= 0.3 is 0 Å². The van der Waals surface area contributed by atoms with Crippen molar-refractivity contribution >= 4 is 28.2 Å². The van der Waals surface area contributed by atoms with Gasteiger partial charge in [-0.1, -0.05) is 24.3 Å². The zero-order chi connectivity index (χ0) is 21.5. The Kier molecular flexibility index (Phi) is 4.61. The third kappa shape index (κ3) is 3.14. The van der Waals surface area contributed by atoms with Gasteiger partial charge in [-0.3, -0.25) is 0 Å². The number of aromatic amines is 1. The van der Waals surface area contributed by atoms with Crippen LogP contribution >= 0.6 is 0 Å². The lowest BCUT2D eigenvalue weighted by molar-refractivity contribution is 0.329. The summed E-state index contributed by atoms with van der Waals surface area (Å²) in [5, 5.41) is 8.29. The summed E-state index contributed by atoms with van der Waals surface area (Å²) in [4.78, 5) is 14.7. The number of piperidine rings is 1. The van der Waals surface area contributed by atoms with Crippen LogP contribution in [0.1, 0.15) is 29.5 Å². The first-order chi connectivity index (χ1) is 15.7. The predicted octanol–water partition coefficient (Wildman–Crippen LogP) is 4.65. The Morgan fingerprint density at radius 1 is 1.06 bits per heavy atom. The SMILES string of the molecule is Cc1ccccc1CNc1ccc2c(c1)C1(CCNCC1)CN2c1ncnc2[nH]ccc12. The Bertz CT molecular complexity index is 1270. The molecule has 1 spiro atoms. The molecule has 4 heterocycles. The van der Waals surface area contributed by atoms with E-state index in [9.17, 15) is 0 Å². The molecule has 0 bridgehead atoms. The third-order valence-electron chi connectivity index (χ3n) is 7.21. The lowest BCUT2D eigenvalue weighted by atomic mass is 9.74. The topological polar surface area (TPSA) is 68.9 Å². The average molecular weight is 425 g/mol. The van der Waals surface area contributed by atoms with Crippen LogP contribution in [0.25, 0.3) is 11.0 Å². The monoisotopic (exact) mass is 424 g/mol. The Labute approximate surface area is 188 Å². The Hall–Kier alpha value is -3.38. The summed E-state index contributed by atoms with van der Waals surface area (Å²) < 4.78 is 0. The number of nitrogens with zero attached hydrogens (tertiary/aromatic N) is 3. The van der Waals surface area contributed by atoms with Crippen LogP contribution in [-0.2, 0) is 12.0 Å². The van der Waals surface area contributed by atoms with E-state index in [-0.39, 0.29) is 5.41 Å². The van der Waals surface area contributed by atoms with E-state index >= 15 is 0 Å². The fourth-order valence-corrected chi connectivity index (χ4v) is 5.38. The van der Waals surface area contributed by atoms with Gasteiger partial charge in [-0.25, -0.2) is 9.97 Å². The summed E-state index contributed by atoms with van der Waals surface area (Å²) >= 11 is 0. The van der Waals surface area contributed by atoms with Gasteiger partial charge < -0.3 is 20.5 Å². The largest absolute Gasteiger partial charge is 0.381 e. The van der Waals surface area contributed by atoms with Crippen molar-refractivity contribution in [1.82, 2.24) is 20.3 Å². The van der Waals surface area contributed by atoms with Crippen molar-refractivity contribution in [3.8, 4) is 0 Å². The van der Waals surface area contributed by atoms with Crippen LogP contribution in [0.2, 0.25) is 0 Å². The van der Waals surface area contributed by atoms with Crippen molar-refractivity contribution in [2.45, 2.75) is 31.7 Å². The first-order valence-electron chi connectivity index (χ1n) is 11.4. The molecule has 0 amide bonds. The van der Waals surface area contributed by atoms with Crippen LogP contribution in [0.3, 0.4) is 0 Å². The number of anilines is 3. The lowest BCUT2D eigenvalue weighted by Gasteiger charge is -2.35. The smallest absolute Gasteiger partial charge is 0.145 e. The number of benzene rings is 2. The Morgan fingerprint density at radius 2 is 1.94 bits per heavy atom. The highest BCUT2D eigenvalue weighted by molar-refractivity contribution is 5.91. The minimum Gasteiger partial charge on any atom is -0.381 e. The molecular formula is C26H28N6. The summed E-state index contributed by atoms with van der Waals surface area (Å²) in [6.07, 6.45) is 5.89. The highest BCUT2D eigenvalue weighted by Gasteiger charge is 2.44. The van der Waals surface area contributed by atoms with E-state index in [1.807, 2.05) is 6.20 Å². The van der Waals surface area contributed by atoms with Gasteiger partial charge in [0.2, 0.25) is 0 Å². The highest BCUT2D eigenvalue weighted by Crippen LogP contribution is 2.50. The van der Waals surface area contributed by atoms with Gasteiger partial charge in [0.25, 0.3) is 0 Å². The van der Waals surface area contributed by atoms with E-state index in [0.29, 0.717) is 0 Å². The Morgan fingerprint density at radius 3 is 2.81 bits per heavy atom. The number of nitrogens with one attached hydrogen (secondary N) is 3. The Balaban J connectivity index is 1.39. The van der Waals surface area contributed by atoms with Crippen LogP contribution in [0.4, 0.5) is 17.2 Å². The number of hydrogen-bond acceptors (Lipinski definition) is 5. The number of rotatable bonds is 4. The van der Waals surface area contributed by atoms with E-state index < -0.39 is 0 Å². The summed E-state index contributed by atoms with van der Waals surface area (Å²) in [6.45, 7) is 6.07. The van der Waals surface area contributed by atoms with E-state index in [0.717, 1.165) is 55.9 Å². The minimum atomic E-state index is 0.147. The van der Waals surface area contributed by atoms with E-state index in [4.69, 9.17) is 4.98 Å². The van der Waals surface area contributed by atoms with Gasteiger partial charge in [0.1, 0.15) is 17.8 Å². The molecule has 0 radical (unpaired) electrons. The normalized spacial score (nSPS) is 17.1. The molecule has 0 saturated carbocycles. The molecule has 0 atom stereocenters. The van der Waals surface area contributed by atoms with Crippen LogP contribution in [0.15, 0.2) is 61.1 Å². The summed E-state index contributed by atoms with van der Waals surface area (Å²) in [6, 6.07) is 17.5. The molecule has 2 aromatic carbocycles. The van der Waals surface area contributed by atoms with E-state index in [2.05, 4.69) is 81.0 Å². The molecule has 2 aromatic heterocycles. The summed E-state index contributed by atoms with van der Waals surface area (Å²) in [5.41, 5.74) is 7.59. The van der Waals surface area contributed by atoms with Crippen molar-refractivity contribution in [1.29, 1.82) is 0 Å². The van der Waals surface area contributed by atoms with Gasteiger partial charge in [-0.2, -0.15) is 0 Å². The zero-order valence-electron chi connectivity index (χ0n) is 18.4. The maximum absolute atomic E-state index is 4.71. The molecule has 2 aliphatic rings. The molecule has 32 heavy (non-hydrogen) atoms. The number of H-pyrrole nitrogens is 1. The summed E-state index contributed by atoms with van der Waals surface area (Å²) in [7, 11) is 0. The number of hydrogen-bond donors (Lipinski definition) is 3. The van der Waals surface area contributed by atoms with Crippen molar-refractivity contribution in [2.24, 2.45) is 0 Å². The standard InChI is InChI=1S/C26H28N6/c1-18-4-2-3-5-19(18)15-29-20-6-7-23-22(14-20)26(9-12-27-13-10-26)16-32(23)25-21-8-11-28-24(21)30-17-31-25/h2-8,11,14,17,27,29H,9-10,12-13,15-16H2,1H3,(H,28,30,31). The molecule has 6 heteroatoms. The van der Waals surface area contributed by atoms with Crippen LogP contribution < -0.4 is 15.5 Å². The highest BCUT2D eigenvalue weighted by atomic mass is 15.2. The van der Waals surface area contributed by atoms with Crippen LogP contribution in [0.5, 0.6) is 0 Å². The molecule has 0 unspecified atom stereocenters. The van der Waals surface area contributed by atoms with Gasteiger partial charge in [0.15, 0.2) is 0 Å². The molecule has 1 fully saturated rings. The fourth-order valence-electron chi connectivity index (χ4n) is 5.38. The second kappa shape index (κ2) is 7.64. The number of aryl methyl sites for hydroxylation is 1. The molecule has 1 saturated heterocycles. The average Bonchev–Trinajstić information content (AvgIpc) is 3.42. The third-order valence-corrected chi connectivity index (χ3v) is 7.21. The van der Waals surface area contributed by atoms with Crippen molar-refractivity contribution < 1.29 is 0 Å². The fraction of sp³-hybridized carbons (Fsp3) is 0.308. The molecule has 0 aliphatic carbocycles. The van der Waals surface area contributed by atoms with Gasteiger partial charge in [0, 0.05) is 36.1 Å². The van der Waals surface area contributed by atoms with Crippen molar-refractivity contribution in [2.75, 3.05) is 29.9 Å². The van der Waals surface area contributed by atoms with Gasteiger partial charge in [-0.05, 0) is 73.8 Å². The second-order valence-electron chi connectivity index (χ2n) is 9.07. The molecule has 6 nitrogen and oxygen atoms in total. The zero-order valence-corrected chi connectivity index (χ0v) is 18.4. The molecular weight excluding hydrogens is 396 g/mol. The molecule has 4 aromatic rings. The minimum absolute atomic E-state index is 0.147. The quantitative estimate of drug-likeness (QED) is 0.445. The molecule has 3 N–H and O–H groups in total. The van der Waals surface area contributed by atoms with Crippen LogP contribution in [-0.4, -0.2) is 34.6 Å². The summed E-state index contributed by atoms with van der Waals surface area (Å²) in [5.74, 6) is 0.994. The first kappa shape index (κ1) is 19.3. The van der Waals surface area contributed by atoms with Crippen LogP contribution in [0, 0.1) is 6.92 Å². The lowest BCUT2D eigenvalue weighted by Crippen LogP contribution is -2.42. The number of aromatic nitrogens is 3.